The van der Waals surface area contributed by atoms with Gasteiger partial charge >= 0.3 is 5.97 Å². The first-order valence-corrected chi connectivity index (χ1v) is 8.48. The zero-order valence-corrected chi connectivity index (χ0v) is 14.8. The molecule has 0 aromatic carbocycles. The number of amides is 1. The molecule has 9 heteroatoms. The normalized spacial score (nSPS) is 15.7. The summed E-state index contributed by atoms with van der Waals surface area (Å²) in [6, 6.07) is 0. The van der Waals surface area contributed by atoms with Crippen molar-refractivity contribution in [1.29, 1.82) is 0 Å². The quantitative estimate of drug-likeness (QED) is 0.829. The number of anilines is 2. The van der Waals surface area contributed by atoms with Gasteiger partial charge in [-0.2, -0.15) is 5.10 Å². The Balaban J connectivity index is 1.57. The third kappa shape index (κ3) is 3.66. The summed E-state index contributed by atoms with van der Waals surface area (Å²) in [5, 5.41) is 16.1. The number of rotatable bonds is 5. The third-order valence-corrected chi connectivity index (χ3v) is 4.69. The number of carbonyl (C=O) groups excluding carboxylic acids is 1. The van der Waals surface area contributed by atoms with Crippen LogP contribution in [-0.4, -0.2) is 49.8 Å². The van der Waals surface area contributed by atoms with Crippen molar-refractivity contribution >= 4 is 23.4 Å². The first-order chi connectivity index (χ1) is 12.4. The van der Waals surface area contributed by atoms with E-state index < -0.39 is 11.5 Å². The Morgan fingerprint density at radius 2 is 1.96 bits per heavy atom. The minimum absolute atomic E-state index is 0.0727. The van der Waals surface area contributed by atoms with Crippen LogP contribution in [0.15, 0.2) is 31.0 Å². The van der Waals surface area contributed by atoms with Crippen LogP contribution in [0, 0.1) is 5.92 Å². The maximum atomic E-state index is 12.5. The number of piperidine rings is 1. The molecule has 0 atom stereocenters. The van der Waals surface area contributed by atoms with Crippen molar-refractivity contribution in [1.82, 2.24) is 19.7 Å². The second-order valence-corrected chi connectivity index (χ2v) is 6.85. The molecule has 1 aliphatic heterocycles. The summed E-state index contributed by atoms with van der Waals surface area (Å²) in [4.78, 5) is 34.2. The molecule has 2 N–H and O–H groups in total. The molecule has 2 aromatic rings. The fourth-order valence-electron chi connectivity index (χ4n) is 2.86. The fourth-order valence-corrected chi connectivity index (χ4v) is 2.86. The lowest BCUT2D eigenvalue weighted by Crippen LogP contribution is -2.38. The van der Waals surface area contributed by atoms with Crippen LogP contribution in [0.4, 0.5) is 11.5 Å². The number of carbonyl (C=O) groups is 2. The van der Waals surface area contributed by atoms with Crippen molar-refractivity contribution in [3.05, 3.63) is 31.0 Å². The van der Waals surface area contributed by atoms with Crippen molar-refractivity contribution in [2.24, 2.45) is 5.92 Å². The molecular weight excluding hydrogens is 336 g/mol. The lowest BCUT2D eigenvalue weighted by atomic mass is 9.96. The summed E-state index contributed by atoms with van der Waals surface area (Å²) in [7, 11) is 0. The maximum Gasteiger partial charge on any atom is 0.331 e. The van der Waals surface area contributed by atoms with Gasteiger partial charge in [0.2, 0.25) is 5.91 Å². The summed E-state index contributed by atoms with van der Waals surface area (Å²) in [6.45, 7) is 4.58. The van der Waals surface area contributed by atoms with E-state index in [0.29, 0.717) is 5.69 Å². The van der Waals surface area contributed by atoms with Crippen LogP contribution >= 0.6 is 0 Å². The Bertz CT molecular complexity index is 781. The maximum absolute atomic E-state index is 12.5. The smallest absolute Gasteiger partial charge is 0.331 e. The standard InChI is InChI=1S/C17H22N6O3/c1-17(2,16(25)26)23-11-13(9-20-23)21-15(24)12-3-7-22(8-4-12)14-10-18-5-6-19-14/h5-6,9-12H,3-4,7-8H2,1-2H3,(H,21,24)(H,25,26). The third-order valence-electron chi connectivity index (χ3n) is 4.69. The number of carboxylic acid groups (broad SMARTS) is 1. The number of hydrogen-bond donors (Lipinski definition) is 2. The molecule has 138 valence electrons. The molecule has 1 amide bonds. The van der Waals surface area contributed by atoms with Gasteiger partial charge in [0, 0.05) is 37.6 Å². The Morgan fingerprint density at radius 1 is 1.23 bits per heavy atom. The number of nitrogens with one attached hydrogen (secondary N) is 1. The van der Waals surface area contributed by atoms with Crippen molar-refractivity contribution in [2.45, 2.75) is 32.2 Å². The lowest BCUT2D eigenvalue weighted by molar-refractivity contribution is -0.146. The number of hydrogen-bond acceptors (Lipinski definition) is 6. The van der Waals surface area contributed by atoms with Crippen LogP contribution in [-0.2, 0) is 15.1 Å². The summed E-state index contributed by atoms with van der Waals surface area (Å²) in [6.07, 6.45) is 9.46. The number of carboxylic acids is 1. The van der Waals surface area contributed by atoms with E-state index in [4.69, 9.17) is 0 Å². The molecular formula is C17H22N6O3. The van der Waals surface area contributed by atoms with Crippen molar-refractivity contribution < 1.29 is 14.7 Å². The molecule has 0 aliphatic carbocycles. The van der Waals surface area contributed by atoms with Crippen molar-refractivity contribution in [2.75, 3.05) is 23.3 Å². The zero-order valence-electron chi connectivity index (χ0n) is 14.8. The Morgan fingerprint density at radius 3 is 2.58 bits per heavy atom. The molecule has 1 aliphatic rings. The topological polar surface area (TPSA) is 113 Å². The first-order valence-electron chi connectivity index (χ1n) is 8.48. The summed E-state index contributed by atoms with van der Waals surface area (Å²) in [5.74, 6) is -0.339. The summed E-state index contributed by atoms with van der Waals surface area (Å²) in [5.41, 5.74) is -0.675. The largest absolute Gasteiger partial charge is 0.479 e. The molecule has 0 saturated carbocycles. The molecule has 1 saturated heterocycles. The molecule has 0 unspecified atom stereocenters. The van der Waals surface area contributed by atoms with Gasteiger partial charge in [-0.05, 0) is 26.7 Å². The molecule has 9 nitrogen and oxygen atoms in total. The Kier molecular flexibility index (Phi) is 4.88. The molecule has 3 heterocycles. The van der Waals surface area contributed by atoms with E-state index in [1.165, 1.54) is 10.9 Å². The molecule has 1 fully saturated rings. The second-order valence-electron chi connectivity index (χ2n) is 6.85. The lowest BCUT2D eigenvalue weighted by Gasteiger charge is -2.31. The molecule has 26 heavy (non-hydrogen) atoms. The fraction of sp³-hybridized carbons (Fsp3) is 0.471. The van der Waals surface area contributed by atoms with Crippen LogP contribution in [0.25, 0.3) is 0 Å². The average Bonchev–Trinajstić information content (AvgIpc) is 3.11. The SMILES string of the molecule is CC(C)(C(=O)O)n1cc(NC(=O)C2CCN(c3cnccn3)CC2)cn1. The van der Waals surface area contributed by atoms with Gasteiger partial charge in [0.25, 0.3) is 0 Å². The second kappa shape index (κ2) is 7.11. The predicted molar refractivity (Wildman–Crippen MR) is 94.8 cm³/mol. The zero-order chi connectivity index (χ0) is 18.7. The minimum atomic E-state index is -1.18. The van der Waals surface area contributed by atoms with Gasteiger partial charge in [-0.25, -0.2) is 9.78 Å². The van der Waals surface area contributed by atoms with Gasteiger partial charge in [0.15, 0.2) is 5.54 Å². The van der Waals surface area contributed by atoms with Crippen LogP contribution < -0.4 is 10.2 Å². The average molecular weight is 358 g/mol. The van der Waals surface area contributed by atoms with E-state index in [2.05, 4.69) is 25.3 Å². The highest BCUT2D eigenvalue weighted by Crippen LogP contribution is 2.23. The van der Waals surface area contributed by atoms with Gasteiger partial charge < -0.3 is 15.3 Å². The van der Waals surface area contributed by atoms with E-state index in [0.717, 1.165) is 31.7 Å². The summed E-state index contributed by atoms with van der Waals surface area (Å²) < 4.78 is 1.33. The highest BCUT2D eigenvalue weighted by molar-refractivity contribution is 5.92. The van der Waals surface area contributed by atoms with Crippen LogP contribution in [0.1, 0.15) is 26.7 Å². The Hall–Kier alpha value is -2.97. The van der Waals surface area contributed by atoms with Crippen LogP contribution in [0.3, 0.4) is 0 Å². The van der Waals surface area contributed by atoms with Gasteiger partial charge in [0.1, 0.15) is 5.82 Å². The summed E-state index contributed by atoms with van der Waals surface area (Å²) >= 11 is 0. The van der Waals surface area contributed by atoms with E-state index in [-0.39, 0.29) is 11.8 Å². The molecule has 0 bridgehead atoms. The highest BCUT2D eigenvalue weighted by Gasteiger charge is 2.31. The van der Waals surface area contributed by atoms with Gasteiger partial charge in [0.05, 0.1) is 18.1 Å². The van der Waals surface area contributed by atoms with Gasteiger partial charge in [-0.3, -0.25) is 14.5 Å². The van der Waals surface area contributed by atoms with Crippen molar-refractivity contribution in [3.8, 4) is 0 Å². The van der Waals surface area contributed by atoms with E-state index >= 15 is 0 Å². The van der Waals surface area contributed by atoms with Crippen molar-refractivity contribution in [3.63, 3.8) is 0 Å². The van der Waals surface area contributed by atoms with Gasteiger partial charge in [-0.15, -0.1) is 0 Å². The van der Waals surface area contributed by atoms with Gasteiger partial charge in [-0.1, -0.05) is 0 Å². The number of aromatic nitrogens is 4. The highest BCUT2D eigenvalue weighted by atomic mass is 16.4. The predicted octanol–water partition coefficient (Wildman–Crippen LogP) is 1.35. The number of aliphatic carboxylic acids is 1. The first kappa shape index (κ1) is 17.8. The number of nitrogens with zero attached hydrogens (tertiary/aromatic N) is 5. The van der Waals surface area contributed by atoms with E-state index in [1.807, 2.05) is 0 Å². The van der Waals surface area contributed by atoms with Crippen LogP contribution in [0.5, 0.6) is 0 Å². The monoisotopic (exact) mass is 358 g/mol. The van der Waals surface area contributed by atoms with E-state index in [9.17, 15) is 14.7 Å². The molecule has 3 rings (SSSR count). The molecule has 0 radical (unpaired) electrons. The molecule has 2 aromatic heterocycles. The Labute approximate surface area is 151 Å². The van der Waals surface area contributed by atoms with Crippen LogP contribution in [0.2, 0.25) is 0 Å². The minimum Gasteiger partial charge on any atom is -0.479 e. The molecule has 0 spiro atoms. The van der Waals surface area contributed by atoms with E-state index in [1.54, 1.807) is 38.6 Å².